The van der Waals surface area contributed by atoms with Crippen LogP contribution in [0, 0.1) is 0 Å². The van der Waals surface area contributed by atoms with Crippen molar-refractivity contribution in [3.05, 3.63) is 63.6 Å². The minimum absolute atomic E-state index is 0.186. The fourth-order valence-corrected chi connectivity index (χ4v) is 3.68. The lowest BCUT2D eigenvalue weighted by atomic mass is 9.96. The zero-order valence-corrected chi connectivity index (χ0v) is 16.3. The lowest BCUT2D eigenvalue weighted by Crippen LogP contribution is -2.33. The number of nitrogens with one attached hydrogen (secondary N) is 1. The van der Waals surface area contributed by atoms with Gasteiger partial charge in [0.25, 0.3) is 0 Å². The Balaban J connectivity index is 1.99. The van der Waals surface area contributed by atoms with Gasteiger partial charge < -0.3 is 10.2 Å². The SMILES string of the molecule is CN(C)c1ccc(C(c2ccc(Cl)c(Cl)c2)N2CCCNCC2)cc1. The van der Waals surface area contributed by atoms with Gasteiger partial charge in [0.1, 0.15) is 0 Å². The summed E-state index contributed by atoms with van der Waals surface area (Å²) in [5.41, 5.74) is 3.67. The Morgan fingerprint density at radius 1 is 0.920 bits per heavy atom. The van der Waals surface area contributed by atoms with Gasteiger partial charge >= 0.3 is 0 Å². The molecule has 1 N–H and O–H groups in total. The summed E-state index contributed by atoms with van der Waals surface area (Å²) in [5.74, 6) is 0. The summed E-state index contributed by atoms with van der Waals surface area (Å²) in [5, 5.41) is 4.70. The standard InChI is InChI=1S/C20H25Cl2N3/c1-24(2)17-7-4-15(5-8-17)20(25-12-3-10-23-11-13-25)16-6-9-18(21)19(22)14-16/h4-9,14,20,23H,3,10-13H2,1-2H3. The smallest absolute Gasteiger partial charge is 0.0602 e. The second-order valence-electron chi connectivity index (χ2n) is 6.70. The van der Waals surface area contributed by atoms with Crippen molar-refractivity contribution >= 4 is 28.9 Å². The Hall–Kier alpha value is -1.26. The van der Waals surface area contributed by atoms with Crippen molar-refractivity contribution in [2.45, 2.75) is 12.5 Å². The van der Waals surface area contributed by atoms with Gasteiger partial charge in [0.2, 0.25) is 0 Å². The molecule has 25 heavy (non-hydrogen) atoms. The van der Waals surface area contributed by atoms with E-state index < -0.39 is 0 Å². The Bertz CT molecular complexity index is 693. The number of rotatable bonds is 4. The Morgan fingerprint density at radius 2 is 1.64 bits per heavy atom. The molecule has 2 aromatic carbocycles. The van der Waals surface area contributed by atoms with E-state index in [1.54, 1.807) is 0 Å². The molecule has 1 atom stereocenters. The zero-order chi connectivity index (χ0) is 17.8. The zero-order valence-electron chi connectivity index (χ0n) is 14.8. The highest BCUT2D eigenvalue weighted by Crippen LogP contribution is 2.33. The molecular weight excluding hydrogens is 353 g/mol. The van der Waals surface area contributed by atoms with Crippen LogP contribution in [0.5, 0.6) is 0 Å². The van der Waals surface area contributed by atoms with Crippen LogP contribution in [-0.4, -0.2) is 45.2 Å². The number of benzene rings is 2. The molecule has 0 saturated carbocycles. The fraction of sp³-hybridized carbons (Fsp3) is 0.400. The Labute approximate surface area is 160 Å². The molecule has 1 aliphatic rings. The van der Waals surface area contributed by atoms with Crippen LogP contribution >= 0.6 is 23.2 Å². The van der Waals surface area contributed by atoms with Crippen LogP contribution in [0.25, 0.3) is 0 Å². The van der Waals surface area contributed by atoms with Gasteiger partial charge in [-0.15, -0.1) is 0 Å². The van der Waals surface area contributed by atoms with E-state index in [1.807, 2.05) is 12.1 Å². The molecule has 1 heterocycles. The van der Waals surface area contributed by atoms with Crippen molar-refractivity contribution in [1.82, 2.24) is 10.2 Å². The van der Waals surface area contributed by atoms with Crippen LogP contribution in [0.1, 0.15) is 23.6 Å². The van der Waals surface area contributed by atoms with E-state index in [-0.39, 0.29) is 6.04 Å². The third kappa shape index (κ3) is 4.48. The van der Waals surface area contributed by atoms with Crippen LogP contribution in [0.2, 0.25) is 10.0 Å². The maximum atomic E-state index is 6.31. The summed E-state index contributed by atoms with van der Waals surface area (Å²) in [6.45, 7) is 4.16. The van der Waals surface area contributed by atoms with Gasteiger partial charge in [-0.25, -0.2) is 0 Å². The average molecular weight is 378 g/mol. The van der Waals surface area contributed by atoms with Crippen molar-refractivity contribution in [3.63, 3.8) is 0 Å². The molecule has 1 fully saturated rings. The molecule has 3 rings (SSSR count). The molecule has 3 nitrogen and oxygen atoms in total. The molecule has 0 aromatic heterocycles. The first-order valence-corrected chi connectivity index (χ1v) is 9.49. The fourth-order valence-electron chi connectivity index (χ4n) is 3.38. The van der Waals surface area contributed by atoms with E-state index in [0.717, 1.165) is 32.6 Å². The second-order valence-corrected chi connectivity index (χ2v) is 7.52. The topological polar surface area (TPSA) is 18.5 Å². The number of hydrogen-bond donors (Lipinski definition) is 1. The summed E-state index contributed by atoms with van der Waals surface area (Å²) >= 11 is 12.5. The molecule has 0 radical (unpaired) electrons. The highest BCUT2D eigenvalue weighted by Gasteiger charge is 2.24. The molecule has 1 saturated heterocycles. The first kappa shape index (κ1) is 18.5. The largest absolute Gasteiger partial charge is 0.378 e. The van der Waals surface area contributed by atoms with Crippen molar-refractivity contribution in [2.24, 2.45) is 0 Å². The third-order valence-electron chi connectivity index (χ3n) is 4.72. The molecular formula is C20H25Cl2N3. The van der Waals surface area contributed by atoms with E-state index >= 15 is 0 Å². The molecule has 5 heteroatoms. The Kier molecular flexibility index (Phi) is 6.24. The van der Waals surface area contributed by atoms with Crippen LogP contribution < -0.4 is 10.2 Å². The number of anilines is 1. The minimum atomic E-state index is 0.186. The predicted molar refractivity (Wildman–Crippen MR) is 108 cm³/mol. The van der Waals surface area contributed by atoms with Crippen LogP contribution in [0.15, 0.2) is 42.5 Å². The van der Waals surface area contributed by atoms with Crippen LogP contribution in [0.3, 0.4) is 0 Å². The molecule has 0 aliphatic carbocycles. The molecule has 0 spiro atoms. The van der Waals surface area contributed by atoms with Crippen molar-refractivity contribution in [1.29, 1.82) is 0 Å². The summed E-state index contributed by atoms with van der Waals surface area (Å²) in [4.78, 5) is 4.65. The molecule has 1 aliphatic heterocycles. The van der Waals surface area contributed by atoms with Crippen molar-refractivity contribution in [3.8, 4) is 0 Å². The number of hydrogen-bond acceptors (Lipinski definition) is 3. The van der Waals surface area contributed by atoms with E-state index in [4.69, 9.17) is 23.2 Å². The van der Waals surface area contributed by atoms with Crippen molar-refractivity contribution < 1.29 is 0 Å². The van der Waals surface area contributed by atoms with E-state index in [1.165, 1.54) is 16.8 Å². The highest BCUT2D eigenvalue weighted by molar-refractivity contribution is 6.42. The quantitative estimate of drug-likeness (QED) is 0.849. The average Bonchev–Trinajstić information content (AvgIpc) is 2.88. The molecule has 0 bridgehead atoms. The third-order valence-corrected chi connectivity index (χ3v) is 5.46. The summed E-state index contributed by atoms with van der Waals surface area (Å²) in [6.07, 6.45) is 1.15. The van der Waals surface area contributed by atoms with E-state index in [9.17, 15) is 0 Å². The number of halogens is 2. The first-order chi connectivity index (χ1) is 12.1. The van der Waals surface area contributed by atoms with Gasteiger partial charge in [-0.1, -0.05) is 41.4 Å². The monoisotopic (exact) mass is 377 g/mol. The number of nitrogens with zero attached hydrogens (tertiary/aromatic N) is 2. The van der Waals surface area contributed by atoms with Gasteiger partial charge in [-0.3, -0.25) is 4.90 Å². The summed E-state index contributed by atoms with van der Waals surface area (Å²) in [6, 6.07) is 15.0. The maximum Gasteiger partial charge on any atom is 0.0602 e. The molecule has 2 aromatic rings. The first-order valence-electron chi connectivity index (χ1n) is 8.73. The Morgan fingerprint density at radius 3 is 2.32 bits per heavy atom. The minimum Gasteiger partial charge on any atom is -0.378 e. The lowest BCUT2D eigenvalue weighted by molar-refractivity contribution is 0.241. The summed E-state index contributed by atoms with van der Waals surface area (Å²) < 4.78 is 0. The molecule has 0 amide bonds. The molecule has 1 unspecified atom stereocenters. The van der Waals surface area contributed by atoms with Gasteiger partial charge in [-0.05, 0) is 48.4 Å². The highest BCUT2D eigenvalue weighted by atomic mass is 35.5. The predicted octanol–water partition coefficient (Wildman–Crippen LogP) is 4.44. The molecule has 134 valence electrons. The van der Waals surface area contributed by atoms with Gasteiger partial charge in [0.15, 0.2) is 0 Å². The van der Waals surface area contributed by atoms with Gasteiger partial charge in [-0.2, -0.15) is 0 Å². The van der Waals surface area contributed by atoms with E-state index in [0.29, 0.717) is 10.0 Å². The maximum absolute atomic E-state index is 6.31. The van der Waals surface area contributed by atoms with Gasteiger partial charge in [0.05, 0.1) is 16.1 Å². The van der Waals surface area contributed by atoms with Crippen molar-refractivity contribution in [2.75, 3.05) is 45.2 Å². The van der Waals surface area contributed by atoms with Crippen LogP contribution in [-0.2, 0) is 0 Å². The second kappa shape index (κ2) is 8.41. The van der Waals surface area contributed by atoms with Crippen LogP contribution in [0.4, 0.5) is 5.69 Å². The lowest BCUT2D eigenvalue weighted by Gasteiger charge is -2.32. The van der Waals surface area contributed by atoms with Gasteiger partial charge in [0, 0.05) is 39.4 Å². The normalized spacial score (nSPS) is 17.1. The van der Waals surface area contributed by atoms with E-state index in [2.05, 4.69) is 59.5 Å². The summed E-state index contributed by atoms with van der Waals surface area (Å²) in [7, 11) is 4.12.